The van der Waals surface area contributed by atoms with Crippen molar-refractivity contribution in [3.63, 3.8) is 0 Å². The van der Waals surface area contributed by atoms with Crippen LogP contribution < -0.4 is 0 Å². The predicted molar refractivity (Wildman–Crippen MR) is 70.3 cm³/mol. The Morgan fingerprint density at radius 2 is 0.933 bits per heavy atom. The van der Waals surface area contributed by atoms with Crippen molar-refractivity contribution >= 4 is 20.4 Å². The molecule has 1 heterocycles. The SMILES string of the molecule is Cc1c(C(C)(C)C)[te]c(C(C)(C)C)c1C. The Morgan fingerprint density at radius 3 is 1.07 bits per heavy atom. The molecule has 0 amide bonds. The van der Waals surface area contributed by atoms with Crippen LogP contribution in [0.2, 0.25) is 0 Å². The van der Waals surface area contributed by atoms with Gasteiger partial charge in [-0.15, -0.1) is 0 Å². The van der Waals surface area contributed by atoms with Crippen molar-refractivity contribution in [2.24, 2.45) is 0 Å². The summed E-state index contributed by atoms with van der Waals surface area (Å²) in [6.45, 7) is 18.8. The molecule has 0 nitrogen and oxygen atoms in total. The van der Waals surface area contributed by atoms with Crippen LogP contribution in [-0.4, -0.2) is 20.4 Å². The van der Waals surface area contributed by atoms with Gasteiger partial charge in [0, 0.05) is 0 Å². The van der Waals surface area contributed by atoms with Crippen LogP contribution in [0.1, 0.15) is 59.8 Å². The molecule has 0 spiro atoms. The fourth-order valence-electron chi connectivity index (χ4n) is 2.03. The van der Waals surface area contributed by atoms with E-state index in [9.17, 15) is 0 Å². The standard InChI is InChI=1S/C14H24Te/c1-9-10(2)12(14(6,7)8)15-11(9)13(3,4)5/h1-8H3. The van der Waals surface area contributed by atoms with Crippen LogP contribution in [0.4, 0.5) is 0 Å². The van der Waals surface area contributed by atoms with E-state index >= 15 is 0 Å². The maximum absolute atomic E-state index is 2.36. The molecule has 0 aliphatic heterocycles. The van der Waals surface area contributed by atoms with Crippen LogP contribution in [0, 0.1) is 13.8 Å². The first-order chi connectivity index (χ1) is 6.55. The molecule has 0 aliphatic carbocycles. The van der Waals surface area contributed by atoms with E-state index in [4.69, 9.17) is 0 Å². The number of hydrogen-bond donors (Lipinski definition) is 0. The summed E-state index contributed by atoms with van der Waals surface area (Å²) in [5.74, 6) is 0. The molecule has 1 rings (SSSR count). The Hall–Kier alpha value is 0.270. The molecule has 0 unspecified atom stereocenters. The van der Waals surface area contributed by atoms with E-state index in [1.807, 2.05) is 0 Å². The first kappa shape index (κ1) is 13.3. The van der Waals surface area contributed by atoms with Crippen LogP contribution >= 0.6 is 0 Å². The van der Waals surface area contributed by atoms with Crippen LogP contribution in [0.25, 0.3) is 0 Å². The molecule has 0 aromatic carbocycles. The Morgan fingerprint density at radius 1 is 0.667 bits per heavy atom. The molecule has 0 bridgehead atoms. The Labute approximate surface area is 105 Å². The van der Waals surface area contributed by atoms with Crippen LogP contribution in [-0.2, 0) is 10.8 Å². The Bertz CT molecular complexity index is 321. The van der Waals surface area contributed by atoms with E-state index in [2.05, 4.69) is 55.4 Å². The quantitative estimate of drug-likeness (QED) is 0.635. The predicted octanol–water partition coefficient (Wildman–Crippen LogP) is 3.96. The molecule has 0 saturated heterocycles. The Balaban J connectivity index is 3.38. The third-order valence-corrected chi connectivity index (χ3v) is 9.22. The molecule has 0 aliphatic rings. The molecule has 0 atom stereocenters. The van der Waals surface area contributed by atoms with Gasteiger partial charge in [-0.25, -0.2) is 0 Å². The zero-order valence-corrected chi connectivity index (χ0v) is 13.7. The van der Waals surface area contributed by atoms with Crippen molar-refractivity contribution in [2.45, 2.75) is 66.2 Å². The summed E-state index contributed by atoms with van der Waals surface area (Å²) >= 11 is -0.0859. The monoisotopic (exact) mass is 322 g/mol. The molecule has 0 radical (unpaired) electrons. The van der Waals surface area contributed by atoms with Crippen molar-refractivity contribution < 1.29 is 0 Å². The van der Waals surface area contributed by atoms with E-state index in [0.29, 0.717) is 10.8 Å². The summed E-state index contributed by atoms with van der Waals surface area (Å²) < 4.78 is 3.52. The third kappa shape index (κ3) is 2.69. The van der Waals surface area contributed by atoms with E-state index < -0.39 is 0 Å². The van der Waals surface area contributed by atoms with Gasteiger partial charge in [0.05, 0.1) is 0 Å². The van der Waals surface area contributed by atoms with Crippen molar-refractivity contribution in [3.05, 3.63) is 18.3 Å². The van der Waals surface area contributed by atoms with Gasteiger partial charge in [-0.2, -0.15) is 0 Å². The second-order valence-corrected chi connectivity index (χ2v) is 9.42. The normalized spacial score (nSPS) is 13.3. The number of hydrogen-bond acceptors (Lipinski definition) is 0. The van der Waals surface area contributed by atoms with E-state index in [1.54, 1.807) is 18.3 Å². The van der Waals surface area contributed by atoms with Gasteiger partial charge >= 0.3 is 105 Å². The fraction of sp³-hybridized carbons (Fsp3) is 0.714. The van der Waals surface area contributed by atoms with Gasteiger partial charge in [0.1, 0.15) is 0 Å². The summed E-state index contributed by atoms with van der Waals surface area (Å²) in [6.07, 6.45) is 0. The molecule has 15 heavy (non-hydrogen) atoms. The van der Waals surface area contributed by atoms with Crippen molar-refractivity contribution in [1.29, 1.82) is 0 Å². The Kier molecular flexibility index (Phi) is 3.50. The molecule has 0 fully saturated rings. The van der Waals surface area contributed by atoms with Gasteiger partial charge < -0.3 is 0 Å². The maximum atomic E-state index is 2.36. The van der Waals surface area contributed by atoms with E-state index in [0.717, 1.165) is 0 Å². The molecule has 1 aromatic rings. The van der Waals surface area contributed by atoms with Gasteiger partial charge in [0.25, 0.3) is 0 Å². The minimum absolute atomic E-state index is 0.0859. The van der Waals surface area contributed by atoms with Crippen LogP contribution in [0.5, 0.6) is 0 Å². The molecule has 0 saturated carbocycles. The van der Waals surface area contributed by atoms with E-state index in [1.165, 1.54) is 0 Å². The van der Waals surface area contributed by atoms with Gasteiger partial charge in [0.15, 0.2) is 0 Å². The minimum atomic E-state index is -0.0859. The summed E-state index contributed by atoms with van der Waals surface area (Å²) in [4.78, 5) is 0. The van der Waals surface area contributed by atoms with Crippen molar-refractivity contribution in [3.8, 4) is 0 Å². The first-order valence-electron chi connectivity index (χ1n) is 5.66. The summed E-state index contributed by atoms with van der Waals surface area (Å²) in [7, 11) is 0. The summed E-state index contributed by atoms with van der Waals surface area (Å²) in [6, 6.07) is 0. The van der Waals surface area contributed by atoms with Crippen LogP contribution in [0.15, 0.2) is 0 Å². The van der Waals surface area contributed by atoms with Gasteiger partial charge in [-0.1, -0.05) is 0 Å². The zero-order chi connectivity index (χ0) is 12.0. The molecular weight excluding hydrogens is 296 g/mol. The molecular formula is C14H24Te. The van der Waals surface area contributed by atoms with Gasteiger partial charge in [0.2, 0.25) is 0 Å². The second kappa shape index (κ2) is 3.93. The second-order valence-electron chi connectivity index (χ2n) is 6.51. The zero-order valence-electron chi connectivity index (χ0n) is 11.4. The van der Waals surface area contributed by atoms with Crippen molar-refractivity contribution in [1.82, 2.24) is 0 Å². The average molecular weight is 320 g/mol. The molecule has 86 valence electrons. The van der Waals surface area contributed by atoms with Crippen LogP contribution in [0.3, 0.4) is 0 Å². The summed E-state index contributed by atoms with van der Waals surface area (Å²) in [5.41, 5.74) is 3.94. The van der Waals surface area contributed by atoms with E-state index in [-0.39, 0.29) is 20.4 Å². The average Bonchev–Trinajstić information content (AvgIpc) is 2.26. The first-order valence-corrected chi connectivity index (χ1v) is 7.99. The molecule has 0 N–H and O–H groups in total. The molecule has 1 aromatic heterocycles. The fourth-order valence-corrected chi connectivity index (χ4v) is 6.11. The number of rotatable bonds is 0. The van der Waals surface area contributed by atoms with Gasteiger partial charge in [-0.3, -0.25) is 0 Å². The van der Waals surface area contributed by atoms with Gasteiger partial charge in [-0.05, 0) is 0 Å². The molecule has 1 heteroatoms. The van der Waals surface area contributed by atoms with Crippen molar-refractivity contribution in [2.75, 3.05) is 0 Å². The summed E-state index contributed by atoms with van der Waals surface area (Å²) in [5, 5.41) is 0. The third-order valence-electron chi connectivity index (χ3n) is 2.81. The topological polar surface area (TPSA) is 0 Å².